The molecule has 2 aliphatic rings. The van der Waals surface area contributed by atoms with Crippen molar-refractivity contribution in [1.82, 2.24) is 0 Å². The van der Waals surface area contributed by atoms with Gasteiger partial charge in [-0.15, -0.1) is 0 Å². The van der Waals surface area contributed by atoms with E-state index in [1.165, 1.54) is 16.7 Å². The van der Waals surface area contributed by atoms with Crippen molar-refractivity contribution in [2.24, 2.45) is 9.98 Å². The Balaban J connectivity index is 1.78. The van der Waals surface area contributed by atoms with Gasteiger partial charge in [-0.2, -0.15) is 0 Å². The van der Waals surface area contributed by atoms with Crippen LogP contribution in [0.25, 0.3) is 0 Å². The molecule has 0 saturated heterocycles. The predicted octanol–water partition coefficient (Wildman–Crippen LogP) is 7.05. The molecule has 0 radical (unpaired) electrons. The Morgan fingerprint density at radius 3 is 1.94 bits per heavy atom. The zero-order valence-corrected chi connectivity index (χ0v) is 17.8. The highest BCUT2D eigenvalue weighted by Gasteiger charge is 2.19. The number of aryl methyl sites for hydroxylation is 2. The van der Waals surface area contributed by atoms with Gasteiger partial charge in [-0.05, 0) is 31.6 Å². The summed E-state index contributed by atoms with van der Waals surface area (Å²) < 4.78 is 0. The van der Waals surface area contributed by atoms with Crippen molar-refractivity contribution in [3.8, 4) is 0 Å². The molecule has 31 heavy (non-hydrogen) atoms. The first-order chi connectivity index (χ1) is 15.2. The lowest BCUT2D eigenvalue weighted by atomic mass is 9.97. The maximum Gasteiger partial charge on any atom is 0.0799 e. The largest absolute Gasteiger partial charge is 0.252 e. The Hall–Kier alpha value is -3.78. The number of rotatable bonds is 2. The summed E-state index contributed by atoms with van der Waals surface area (Å²) in [5.41, 5.74) is 10.9. The monoisotopic (exact) mass is 400 g/mol. The van der Waals surface area contributed by atoms with Crippen LogP contribution in [0.2, 0.25) is 0 Å². The van der Waals surface area contributed by atoms with E-state index in [1.54, 1.807) is 0 Å². The lowest BCUT2D eigenvalue weighted by Gasteiger charge is -2.12. The van der Waals surface area contributed by atoms with E-state index in [2.05, 4.69) is 105 Å². The molecule has 3 aromatic rings. The number of para-hydroxylation sites is 1. The van der Waals surface area contributed by atoms with Crippen molar-refractivity contribution < 1.29 is 0 Å². The predicted molar refractivity (Wildman–Crippen MR) is 131 cm³/mol. The summed E-state index contributed by atoms with van der Waals surface area (Å²) in [7, 11) is 0. The molecule has 0 atom stereocenters. The van der Waals surface area contributed by atoms with E-state index in [0.29, 0.717) is 0 Å². The van der Waals surface area contributed by atoms with Crippen LogP contribution in [-0.4, -0.2) is 11.4 Å². The first-order valence-electron chi connectivity index (χ1n) is 10.6. The highest BCUT2D eigenvalue weighted by molar-refractivity contribution is 6.19. The van der Waals surface area contributed by atoms with Crippen molar-refractivity contribution in [2.75, 3.05) is 0 Å². The number of hydrogen-bond acceptors (Lipinski definition) is 2. The molecule has 0 amide bonds. The Bertz CT molecular complexity index is 1280. The lowest BCUT2D eigenvalue weighted by molar-refractivity contribution is 1.13. The molecule has 1 aliphatic heterocycles. The van der Waals surface area contributed by atoms with Crippen LogP contribution in [0, 0.1) is 13.8 Å². The van der Waals surface area contributed by atoms with E-state index in [9.17, 15) is 0 Å². The van der Waals surface area contributed by atoms with Gasteiger partial charge < -0.3 is 0 Å². The van der Waals surface area contributed by atoms with Crippen molar-refractivity contribution in [3.63, 3.8) is 0 Å². The second-order valence-corrected chi connectivity index (χ2v) is 8.08. The Kier molecular flexibility index (Phi) is 5.05. The molecule has 1 heterocycles. The average Bonchev–Trinajstić information content (AvgIpc) is 2.99. The quantitative estimate of drug-likeness (QED) is 0.440. The van der Waals surface area contributed by atoms with Crippen molar-refractivity contribution in [1.29, 1.82) is 0 Å². The van der Waals surface area contributed by atoms with Gasteiger partial charge in [0.1, 0.15) is 0 Å². The molecule has 2 bridgehead atoms. The molecule has 2 nitrogen and oxygen atoms in total. The second kappa shape index (κ2) is 8.16. The number of aliphatic imine (C=N–C) groups is 2. The van der Waals surface area contributed by atoms with Crippen LogP contribution in [0.1, 0.15) is 34.2 Å². The van der Waals surface area contributed by atoms with Crippen LogP contribution in [0.15, 0.2) is 118 Å². The summed E-state index contributed by atoms with van der Waals surface area (Å²) in [6.45, 7) is 4.22. The molecule has 3 aromatic carbocycles. The minimum Gasteiger partial charge on any atom is -0.252 e. The van der Waals surface area contributed by atoms with Crippen LogP contribution in [0.3, 0.4) is 0 Å². The van der Waals surface area contributed by atoms with E-state index in [0.717, 1.165) is 45.9 Å². The van der Waals surface area contributed by atoms with Crippen molar-refractivity contribution >= 4 is 17.1 Å². The van der Waals surface area contributed by atoms with Gasteiger partial charge in [-0.25, -0.2) is 4.99 Å². The maximum absolute atomic E-state index is 5.22. The van der Waals surface area contributed by atoms with E-state index in [-0.39, 0.29) is 0 Å². The topological polar surface area (TPSA) is 24.7 Å². The van der Waals surface area contributed by atoms with Crippen molar-refractivity contribution in [2.45, 2.75) is 20.3 Å². The van der Waals surface area contributed by atoms with Gasteiger partial charge in [0.2, 0.25) is 0 Å². The first kappa shape index (κ1) is 19.2. The molecular formula is C29H24N2. The van der Waals surface area contributed by atoms with Crippen LogP contribution >= 0.6 is 0 Å². The summed E-state index contributed by atoms with van der Waals surface area (Å²) >= 11 is 0. The Labute approximate surface area is 183 Å². The smallest absolute Gasteiger partial charge is 0.0799 e. The van der Waals surface area contributed by atoms with Gasteiger partial charge in [-0.1, -0.05) is 96.1 Å². The SMILES string of the molecule is Cc1ccc(/C2=N/C3=CC=CC=C(C3)/C(c3ccc(C)cc3)=N\c3ccccc32)cc1. The van der Waals surface area contributed by atoms with Crippen LogP contribution in [0.4, 0.5) is 5.69 Å². The fraction of sp³-hybridized carbons (Fsp3) is 0.103. The number of allylic oxidation sites excluding steroid dienone is 5. The van der Waals surface area contributed by atoms with E-state index in [1.807, 2.05) is 6.07 Å². The van der Waals surface area contributed by atoms with Gasteiger partial charge in [0.15, 0.2) is 0 Å². The van der Waals surface area contributed by atoms with Gasteiger partial charge >= 0.3 is 0 Å². The van der Waals surface area contributed by atoms with E-state index in [4.69, 9.17) is 9.98 Å². The first-order valence-corrected chi connectivity index (χ1v) is 10.6. The molecular weight excluding hydrogens is 376 g/mol. The lowest BCUT2D eigenvalue weighted by Crippen LogP contribution is -2.05. The number of fused-ring (bicyclic) bond motifs is 3. The molecule has 2 heteroatoms. The summed E-state index contributed by atoms with van der Waals surface area (Å²) in [6.07, 6.45) is 9.16. The standard InChI is InChI=1S/C29H24N2/c1-20-11-15-22(16-12-20)28-24-7-3-4-8-25(19-24)30-29(23-17-13-21(2)14-18-23)26-9-5-6-10-27(26)31-28/h3-18H,19H2,1-2H3/b28-24?,29-26?,30-25?,30-29-,31-27?,31-28-. The molecule has 0 spiro atoms. The number of nitrogens with zero attached hydrogens (tertiary/aromatic N) is 2. The average molecular weight is 401 g/mol. The normalized spacial score (nSPS) is 18.6. The molecule has 0 aromatic heterocycles. The fourth-order valence-corrected chi connectivity index (χ4v) is 3.95. The highest BCUT2D eigenvalue weighted by Crippen LogP contribution is 2.31. The maximum atomic E-state index is 5.22. The molecule has 0 unspecified atom stereocenters. The minimum atomic E-state index is 0.739. The second-order valence-electron chi connectivity index (χ2n) is 8.08. The molecule has 150 valence electrons. The van der Waals surface area contributed by atoms with Gasteiger partial charge in [0, 0.05) is 28.8 Å². The zero-order valence-electron chi connectivity index (χ0n) is 17.8. The molecule has 0 N–H and O–H groups in total. The Morgan fingerprint density at radius 2 is 1.23 bits per heavy atom. The van der Waals surface area contributed by atoms with Crippen LogP contribution in [0.5, 0.6) is 0 Å². The van der Waals surface area contributed by atoms with Gasteiger partial charge in [0.05, 0.1) is 17.1 Å². The van der Waals surface area contributed by atoms with E-state index >= 15 is 0 Å². The van der Waals surface area contributed by atoms with Gasteiger partial charge in [-0.3, -0.25) is 4.99 Å². The number of benzene rings is 3. The Morgan fingerprint density at radius 1 is 0.613 bits per heavy atom. The van der Waals surface area contributed by atoms with Crippen molar-refractivity contribution in [3.05, 3.63) is 136 Å². The molecule has 5 rings (SSSR count). The summed E-state index contributed by atoms with van der Waals surface area (Å²) in [4.78, 5) is 10.4. The summed E-state index contributed by atoms with van der Waals surface area (Å²) in [6, 6.07) is 25.5. The molecule has 1 aliphatic carbocycles. The third-order valence-corrected chi connectivity index (χ3v) is 5.67. The molecule has 0 saturated carbocycles. The third-order valence-electron chi connectivity index (χ3n) is 5.67. The molecule has 0 fully saturated rings. The number of hydrogen-bond donors (Lipinski definition) is 0. The fourth-order valence-electron chi connectivity index (χ4n) is 3.95. The van der Waals surface area contributed by atoms with Crippen LogP contribution < -0.4 is 0 Å². The van der Waals surface area contributed by atoms with Crippen LogP contribution in [-0.2, 0) is 0 Å². The third kappa shape index (κ3) is 3.97. The summed E-state index contributed by atoms with van der Waals surface area (Å²) in [5, 5.41) is 0. The highest BCUT2D eigenvalue weighted by atomic mass is 14.8. The summed E-state index contributed by atoms with van der Waals surface area (Å²) in [5.74, 6) is 0. The van der Waals surface area contributed by atoms with Gasteiger partial charge in [0.25, 0.3) is 0 Å². The van der Waals surface area contributed by atoms with E-state index < -0.39 is 0 Å². The zero-order chi connectivity index (χ0) is 21.2. The minimum absolute atomic E-state index is 0.739.